The van der Waals surface area contributed by atoms with Gasteiger partial charge >= 0.3 is 5.97 Å². The van der Waals surface area contributed by atoms with E-state index in [1.165, 1.54) is 11.1 Å². The van der Waals surface area contributed by atoms with Crippen LogP contribution < -0.4 is 0 Å². The summed E-state index contributed by atoms with van der Waals surface area (Å²) in [5.41, 5.74) is 2.68. The molecule has 4 aliphatic rings. The minimum Gasteiger partial charge on any atom is -0.461 e. The highest BCUT2D eigenvalue weighted by Gasteiger charge is 2.66. The molecule has 2 saturated heterocycles. The number of epoxide rings is 1. The molecule has 4 atom stereocenters. The van der Waals surface area contributed by atoms with E-state index >= 15 is 0 Å². The highest BCUT2D eigenvalue weighted by Crippen LogP contribution is 2.62. The molecule has 0 N–H and O–H groups in total. The van der Waals surface area contributed by atoms with Gasteiger partial charge in [-0.2, -0.15) is 0 Å². The maximum absolute atomic E-state index is 12.4. The largest absolute Gasteiger partial charge is 0.461 e. The molecule has 1 saturated carbocycles. The van der Waals surface area contributed by atoms with Gasteiger partial charge in [-0.05, 0) is 65.7 Å². The lowest BCUT2D eigenvalue weighted by Gasteiger charge is -2.21. The van der Waals surface area contributed by atoms with Gasteiger partial charge in [0, 0.05) is 12.3 Å². The first kappa shape index (κ1) is 16.4. The lowest BCUT2D eigenvalue weighted by atomic mass is 9.79. The number of hydrogen-bond donors (Lipinski definition) is 0. The normalized spacial score (nSPS) is 41.5. The van der Waals surface area contributed by atoms with Crippen LogP contribution in [-0.2, 0) is 14.3 Å². The SMILES string of the molecule is CC1=CCC[C@@]2(C)O[C@@H]2C[C@@H]2[C@H](CC(C)=CCC1)OC(=O)C21CC1. The Bertz CT molecular complexity index is 598. The van der Waals surface area contributed by atoms with Crippen LogP contribution in [0.2, 0.25) is 0 Å². The highest BCUT2D eigenvalue weighted by molar-refractivity contribution is 5.82. The number of allylic oxidation sites excluding steroid dienone is 3. The lowest BCUT2D eigenvalue weighted by molar-refractivity contribution is -0.145. The predicted molar refractivity (Wildman–Crippen MR) is 93.5 cm³/mol. The van der Waals surface area contributed by atoms with Crippen LogP contribution in [0.5, 0.6) is 0 Å². The van der Waals surface area contributed by atoms with Crippen molar-refractivity contribution in [3.63, 3.8) is 0 Å². The van der Waals surface area contributed by atoms with Gasteiger partial charge in [-0.15, -0.1) is 0 Å². The fraction of sp³-hybridized carbons (Fsp3) is 0.762. The Morgan fingerprint density at radius 2 is 1.83 bits per heavy atom. The second-order valence-electron chi connectivity index (χ2n) is 8.74. The first-order chi connectivity index (χ1) is 11.4. The highest BCUT2D eigenvalue weighted by atomic mass is 16.6. The number of fused-ring (bicyclic) bond motifs is 3. The third kappa shape index (κ3) is 2.85. The van der Waals surface area contributed by atoms with Crippen molar-refractivity contribution >= 4 is 5.97 Å². The third-order valence-electron chi connectivity index (χ3n) is 6.80. The molecule has 0 amide bonds. The summed E-state index contributed by atoms with van der Waals surface area (Å²) in [6, 6.07) is 0. The number of hydrogen-bond acceptors (Lipinski definition) is 3. The zero-order chi connectivity index (χ0) is 16.9. The summed E-state index contributed by atoms with van der Waals surface area (Å²) in [7, 11) is 0. The summed E-state index contributed by atoms with van der Waals surface area (Å²) in [5, 5.41) is 0. The van der Waals surface area contributed by atoms with Crippen LogP contribution >= 0.6 is 0 Å². The van der Waals surface area contributed by atoms with Gasteiger partial charge in [0.05, 0.1) is 17.1 Å². The number of rotatable bonds is 0. The molecule has 3 fully saturated rings. The first-order valence-corrected chi connectivity index (χ1v) is 9.63. The molecule has 2 aliphatic carbocycles. The van der Waals surface area contributed by atoms with Crippen molar-refractivity contribution in [2.75, 3.05) is 0 Å². The van der Waals surface area contributed by atoms with E-state index in [9.17, 15) is 4.79 Å². The Labute approximate surface area is 145 Å². The first-order valence-electron chi connectivity index (χ1n) is 9.63. The van der Waals surface area contributed by atoms with E-state index in [1.807, 2.05) is 0 Å². The molecule has 132 valence electrons. The maximum Gasteiger partial charge on any atom is 0.312 e. The van der Waals surface area contributed by atoms with Crippen molar-refractivity contribution in [1.82, 2.24) is 0 Å². The minimum atomic E-state index is -0.161. The van der Waals surface area contributed by atoms with Crippen LogP contribution in [0.4, 0.5) is 0 Å². The number of carbonyl (C=O) groups excluding carboxylic acids is 1. The standard InChI is InChI=1S/C21H30O3/c1-14-6-4-7-15(2)12-17-16(21(10-11-21)19(22)23-17)13-18-20(3,24-18)9-5-8-14/h7-8,16-18H,4-6,9-13H2,1-3H3/t16-,17+,18-,20-/m1/s1. The fourth-order valence-electron chi connectivity index (χ4n) is 4.81. The minimum absolute atomic E-state index is 0.0120. The second kappa shape index (κ2) is 5.72. The van der Waals surface area contributed by atoms with Gasteiger partial charge < -0.3 is 9.47 Å². The molecule has 3 nitrogen and oxygen atoms in total. The van der Waals surface area contributed by atoms with E-state index in [1.54, 1.807) is 0 Å². The molecule has 0 aromatic heterocycles. The van der Waals surface area contributed by atoms with Crippen molar-refractivity contribution in [3.8, 4) is 0 Å². The smallest absolute Gasteiger partial charge is 0.312 e. The van der Waals surface area contributed by atoms with Crippen molar-refractivity contribution < 1.29 is 14.3 Å². The van der Waals surface area contributed by atoms with Crippen molar-refractivity contribution in [2.24, 2.45) is 11.3 Å². The Morgan fingerprint density at radius 3 is 2.58 bits per heavy atom. The Kier molecular flexibility index (Phi) is 3.91. The molecule has 0 unspecified atom stereocenters. The number of ether oxygens (including phenoxy) is 2. The third-order valence-corrected chi connectivity index (χ3v) is 6.80. The lowest BCUT2D eigenvalue weighted by Crippen LogP contribution is -2.26. The summed E-state index contributed by atoms with van der Waals surface area (Å²) >= 11 is 0. The zero-order valence-corrected chi connectivity index (χ0v) is 15.3. The van der Waals surface area contributed by atoms with E-state index in [0.717, 1.165) is 51.4 Å². The Balaban J connectivity index is 1.56. The average molecular weight is 330 g/mol. The molecule has 4 rings (SSSR count). The van der Waals surface area contributed by atoms with Crippen LogP contribution in [0.1, 0.15) is 72.1 Å². The molecule has 2 heterocycles. The van der Waals surface area contributed by atoms with E-state index < -0.39 is 0 Å². The van der Waals surface area contributed by atoms with Crippen molar-refractivity contribution in [3.05, 3.63) is 23.3 Å². The average Bonchev–Trinajstić information content (AvgIpc) is 3.39. The summed E-state index contributed by atoms with van der Waals surface area (Å²) in [4.78, 5) is 12.4. The summed E-state index contributed by atoms with van der Waals surface area (Å²) in [6.07, 6.45) is 13.4. The maximum atomic E-state index is 12.4. The fourth-order valence-corrected chi connectivity index (χ4v) is 4.81. The molecule has 2 aliphatic heterocycles. The van der Waals surface area contributed by atoms with Crippen LogP contribution in [-0.4, -0.2) is 23.8 Å². The van der Waals surface area contributed by atoms with Crippen LogP contribution in [0.25, 0.3) is 0 Å². The van der Waals surface area contributed by atoms with E-state index in [2.05, 4.69) is 32.9 Å². The van der Waals surface area contributed by atoms with Crippen LogP contribution in [0.3, 0.4) is 0 Å². The molecule has 24 heavy (non-hydrogen) atoms. The van der Waals surface area contributed by atoms with Gasteiger partial charge in [-0.25, -0.2) is 0 Å². The van der Waals surface area contributed by atoms with E-state index in [4.69, 9.17) is 9.47 Å². The van der Waals surface area contributed by atoms with Gasteiger partial charge in [0.2, 0.25) is 0 Å². The van der Waals surface area contributed by atoms with Crippen molar-refractivity contribution in [2.45, 2.75) is 89.9 Å². The summed E-state index contributed by atoms with van der Waals surface area (Å²) in [5.74, 6) is 0.412. The molecule has 0 aromatic rings. The topological polar surface area (TPSA) is 38.8 Å². The van der Waals surface area contributed by atoms with Crippen molar-refractivity contribution in [1.29, 1.82) is 0 Å². The predicted octanol–water partition coefficient (Wildman–Crippen LogP) is 4.71. The second-order valence-corrected chi connectivity index (χ2v) is 8.74. The molecular weight excluding hydrogens is 300 g/mol. The molecule has 3 heteroatoms. The van der Waals surface area contributed by atoms with E-state index in [0.29, 0.717) is 12.0 Å². The van der Waals surface area contributed by atoms with Gasteiger partial charge in [0.1, 0.15) is 6.10 Å². The number of esters is 1. The Morgan fingerprint density at radius 1 is 1.08 bits per heavy atom. The molecule has 0 aromatic carbocycles. The zero-order valence-electron chi connectivity index (χ0n) is 15.3. The van der Waals surface area contributed by atoms with Crippen LogP contribution in [0.15, 0.2) is 23.3 Å². The van der Waals surface area contributed by atoms with Gasteiger partial charge in [0.25, 0.3) is 0 Å². The molecule has 1 spiro atoms. The Hall–Kier alpha value is -1.09. The van der Waals surface area contributed by atoms with Crippen LogP contribution in [0, 0.1) is 11.3 Å². The monoisotopic (exact) mass is 330 g/mol. The molecule has 0 bridgehead atoms. The van der Waals surface area contributed by atoms with Gasteiger partial charge in [-0.3, -0.25) is 4.79 Å². The molecular formula is C21H30O3. The molecule has 0 radical (unpaired) electrons. The summed E-state index contributed by atoms with van der Waals surface area (Å²) in [6.45, 7) is 6.66. The van der Waals surface area contributed by atoms with E-state index in [-0.39, 0.29) is 23.1 Å². The quantitative estimate of drug-likeness (QED) is 0.367. The van der Waals surface area contributed by atoms with Gasteiger partial charge in [0.15, 0.2) is 0 Å². The van der Waals surface area contributed by atoms with Gasteiger partial charge in [-0.1, -0.05) is 23.3 Å². The number of carbonyl (C=O) groups is 1. The summed E-state index contributed by atoms with van der Waals surface area (Å²) < 4.78 is 11.9.